The summed E-state index contributed by atoms with van der Waals surface area (Å²) in [4.78, 5) is 5.42. The Morgan fingerprint density at radius 2 is 1.74 bits per heavy atom. The number of aromatic nitrogens is 5. The minimum Gasteiger partial charge on any atom is -0.483 e. The molecule has 3 aromatic heterocycles. The lowest BCUT2D eigenvalue weighted by Crippen LogP contribution is -2.04. The van der Waals surface area contributed by atoms with Crippen molar-refractivity contribution in [2.24, 2.45) is 0 Å². The van der Waals surface area contributed by atoms with Crippen molar-refractivity contribution < 1.29 is 4.74 Å². The summed E-state index contributed by atoms with van der Waals surface area (Å²) in [5.41, 5.74) is 1.66. The van der Waals surface area contributed by atoms with Gasteiger partial charge in [0, 0.05) is 5.39 Å². The Kier molecular flexibility index (Phi) is 3.79. The van der Waals surface area contributed by atoms with Crippen molar-refractivity contribution in [1.82, 2.24) is 24.8 Å². The zero-order chi connectivity index (χ0) is 18.2. The quantitative estimate of drug-likeness (QED) is 0.463. The van der Waals surface area contributed by atoms with E-state index in [0.717, 1.165) is 32.3 Å². The molecule has 0 N–H and O–H groups in total. The van der Waals surface area contributed by atoms with Gasteiger partial charge in [0.15, 0.2) is 5.01 Å². The van der Waals surface area contributed by atoms with E-state index in [-0.39, 0.29) is 6.10 Å². The van der Waals surface area contributed by atoms with Crippen molar-refractivity contribution in [3.05, 3.63) is 71.7 Å². The molecule has 0 amide bonds. The molecule has 0 aliphatic heterocycles. The number of pyridine rings is 1. The Labute approximate surface area is 159 Å². The maximum atomic E-state index is 5.97. The number of hydrogen-bond acceptors (Lipinski definition) is 6. The summed E-state index contributed by atoms with van der Waals surface area (Å²) in [6.45, 7) is 1.98. The molecule has 0 aliphatic rings. The van der Waals surface area contributed by atoms with Crippen molar-refractivity contribution in [1.29, 1.82) is 0 Å². The number of rotatable bonds is 4. The van der Waals surface area contributed by atoms with E-state index >= 15 is 0 Å². The topological polar surface area (TPSA) is 65.2 Å². The molecular weight excluding hydrogens is 358 g/mol. The number of nitrogens with zero attached hydrogens (tertiary/aromatic N) is 5. The molecule has 6 nitrogen and oxygen atoms in total. The predicted octanol–water partition coefficient (Wildman–Crippen LogP) is 4.54. The molecular formula is C20H15N5OS. The number of benzene rings is 2. The van der Waals surface area contributed by atoms with Gasteiger partial charge in [-0.1, -0.05) is 53.8 Å². The van der Waals surface area contributed by atoms with Crippen LogP contribution in [-0.4, -0.2) is 24.8 Å². The second-order valence-corrected chi connectivity index (χ2v) is 7.11. The van der Waals surface area contributed by atoms with Crippen LogP contribution < -0.4 is 4.74 Å². The minimum absolute atomic E-state index is 0.184. The molecule has 1 atom stereocenters. The fourth-order valence-corrected chi connectivity index (χ4v) is 3.72. The Morgan fingerprint density at radius 3 is 2.63 bits per heavy atom. The van der Waals surface area contributed by atoms with E-state index in [1.165, 1.54) is 11.3 Å². The Hall–Kier alpha value is -3.32. The van der Waals surface area contributed by atoms with Crippen LogP contribution in [-0.2, 0) is 0 Å². The van der Waals surface area contributed by atoms with Gasteiger partial charge in [0.1, 0.15) is 17.5 Å². The summed E-state index contributed by atoms with van der Waals surface area (Å²) in [6.07, 6.45) is -0.184. The smallest absolute Gasteiger partial charge is 0.235 e. The second kappa shape index (κ2) is 6.44. The first-order valence-electron chi connectivity index (χ1n) is 8.58. The van der Waals surface area contributed by atoms with E-state index in [1.54, 1.807) is 4.52 Å². The third-order valence-electron chi connectivity index (χ3n) is 4.24. The summed E-state index contributed by atoms with van der Waals surface area (Å²) in [5.74, 6) is 1.44. The molecule has 132 valence electrons. The predicted molar refractivity (Wildman–Crippen MR) is 105 cm³/mol. The molecule has 0 bridgehead atoms. The molecule has 27 heavy (non-hydrogen) atoms. The van der Waals surface area contributed by atoms with Crippen molar-refractivity contribution in [3.8, 4) is 17.3 Å². The van der Waals surface area contributed by atoms with Crippen LogP contribution in [0.4, 0.5) is 0 Å². The number of para-hydroxylation sites is 2. The van der Waals surface area contributed by atoms with E-state index in [1.807, 2.05) is 73.7 Å². The molecule has 0 saturated carbocycles. The zero-order valence-electron chi connectivity index (χ0n) is 14.5. The lowest BCUT2D eigenvalue weighted by Gasteiger charge is -2.11. The van der Waals surface area contributed by atoms with E-state index in [4.69, 9.17) is 9.72 Å². The first-order valence-corrected chi connectivity index (χ1v) is 9.39. The van der Waals surface area contributed by atoms with Gasteiger partial charge in [0.2, 0.25) is 10.8 Å². The van der Waals surface area contributed by atoms with Crippen molar-refractivity contribution in [3.63, 3.8) is 0 Å². The fraction of sp³-hybridized carbons (Fsp3) is 0.100. The maximum absolute atomic E-state index is 5.97. The first-order chi connectivity index (χ1) is 13.3. The lowest BCUT2D eigenvalue weighted by molar-refractivity contribution is 0.225. The highest BCUT2D eigenvalue weighted by Gasteiger charge is 2.19. The standard InChI is InChI=1S/C20H15N5OS/c1-13(26-15-8-3-2-4-9-15)19-24-25-18(22-23-20(25)27-19)17-12-11-14-7-5-6-10-16(14)21-17/h2-13H,1H3/t13-/m1/s1. The van der Waals surface area contributed by atoms with Gasteiger partial charge in [-0.3, -0.25) is 0 Å². The number of fused-ring (bicyclic) bond motifs is 2. The van der Waals surface area contributed by atoms with Gasteiger partial charge in [-0.25, -0.2) is 4.98 Å². The van der Waals surface area contributed by atoms with Crippen LogP contribution in [0.25, 0.3) is 27.4 Å². The normalized spacial score (nSPS) is 12.5. The molecule has 0 aliphatic carbocycles. The average molecular weight is 373 g/mol. The molecule has 0 fully saturated rings. The molecule has 3 heterocycles. The van der Waals surface area contributed by atoms with Crippen LogP contribution in [0.3, 0.4) is 0 Å². The first kappa shape index (κ1) is 15.9. The summed E-state index contributed by atoms with van der Waals surface area (Å²) in [6, 6.07) is 21.7. The summed E-state index contributed by atoms with van der Waals surface area (Å²) in [7, 11) is 0. The molecule has 5 rings (SSSR count). The molecule has 2 aromatic carbocycles. The van der Waals surface area contributed by atoms with Gasteiger partial charge in [0.25, 0.3) is 0 Å². The van der Waals surface area contributed by atoms with Crippen LogP contribution in [0.5, 0.6) is 5.75 Å². The highest BCUT2D eigenvalue weighted by Crippen LogP contribution is 2.27. The third kappa shape index (κ3) is 2.92. The monoisotopic (exact) mass is 373 g/mol. The van der Waals surface area contributed by atoms with Crippen LogP contribution in [0.15, 0.2) is 66.7 Å². The van der Waals surface area contributed by atoms with Gasteiger partial charge in [-0.15, -0.1) is 10.2 Å². The van der Waals surface area contributed by atoms with E-state index in [2.05, 4.69) is 15.3 Å². The SMILES string of the molecule is C[C@@H](Oc1ccccc1)c1nn2c(-c3ccc4ccccc4n3)nnc2s1. The molecule has 7 heteroatoms. The van der Waals surface area contributed by atoms with Crippen molar-refractivity contribution >= 4 is 27.2 Å². The van der Waals surface area contributed by atoms with Crippen LogP contribution in [0, 0.1) is 0 Å². The fourth-order valence-electron chi connectivity index (χ4n) is 2.90. The largest absolute Gasteiger partial charge is 0.483 e. The van der Waals surface area contributed by atoms with Crippen molar-refractivity contribution in [2.75, 3.05) is 0 Å². The molecule has 0 spiro atoms. The van der Waals surface area contributed by atoms with Crippen LogP contribution in [0.1, 0.15) is 18.0 Å². The Balaban J connectivity index is 1.51. The second-order valence-electron chi connectivity index (χ2n) is 6.12. The average Bonchev–Trinajstić information content (AvgIpc) is 3.29. The van der Waals surface area contributed by atoms with Crippen LogP contribution >= 0.6 is 11.3 Å². The summed E-state index contributed by atoms with van der Waals surface area (Å²) < 4.78 is 7.71. The maximum Gasteiger partial charge on any atom is 0.235 e. The highest BCUT2D eigenvalue weighted by molar-refractivity contribution is 7.16. The van der Waals surface area contributed by atoms with E-state index in [0.29, 0.717) is 5.82 Å². The highest BCUT2D eigenvalue weighted by atomic mass is 32.1. The lowest BCUT2D eigenvalue weighted by atomic mass is 10.2. The third-order valence-corrected chi connectivity index (χ3v) is 5.30. The van der Waals surface area contributed by atoms with E-state index in [9.17, 15) is 0 Å². The van der Waals surface area contributed by atoms with E-state index < -0.39 is 0 Å². The Morgan fingerprint density at radius 1 is 0.926 bits per heavy atom. The van der Waals surface area contributed by atoms with Crippen molar-refractivity contribution in [2.45, 2.75) is 13.0 Å². The summed E-state index contributed by atoms with van der Waals surface area (Å²) >= 11 is 1.47. The van der Waals surface area contributed by atoms with Gasteiger partial charge in [0.05, 0.1) is 5.52 Å². The summed E-state index contributed by atoms with van der Waals surface area (Å²) in [5, 5.41) is 15.1. The van der Waals surface area contributed by atoms with Gasteiger partial charge in [-0.2, -0.15) is 9.61 Å². The van der Waals surface area contributed by atoms with Crippen LogP contribution in [0.2, 0.25) is 0 Å². The van der Waals surface area contributed by atoms with Gasteiger partial charge >= 0.3 is 0 Å². The molecule has 0 radical (unpaired) electrons. The zero-order valence-corrected chi connectivity index (χ0v) is 15.3. The molecule has 0 saturated heterocycles. The number of ether oxygens (including phenoxy) is 1. The van der Waals surface area contributed by atoms with Gasteiger partial charge < -0.3 is 4.74 Å². The minimum atomic E-state index is -0.184. The van der Waals surface area contributed by atoms with Gasteiger partial charge in [-0.05, 0) is 31.2 Å². The number of hydrogen-bond donors (Lipinski definition) is 0. The molecule has 0 unspecified atom stereocenters. The molecule has 5 aromatic rings. The Bertz CT molecular complexity index is 1230.